The van der Waals surface area contributed by atoms with Crippen LogP contribution in [0.3, 0.4) is 0 Å². The van der Waals surface area contributed by atoms with Gasteiger partial charge in [-0.15, -0.1) is 0 Å². The molecule has 0 bridgehead atoms. The highest BCUT2D eigenvalue weighted by molar-refractivity contribution is 6.61. The molecule has 12 heavy (non-hydrogen) atoms. The number of carbonyl (C=O) groups excluding carboxylic acids is 1. The topological polar surface area (TPSA) is 26.3 Å². The van der Waals surface area contributed by atoms with E-state index < -0.39 is 5.43 Å². The van der Waals surface area contributed by atoms with Crippen molar-refractivity contribution in [3.8, 4) is 0 Å². The monoisotopic (exact) mass is 192 g/mol. The van der Waals surface area contributed by atoms with E-state index in [0.29, 0.717) is 12.5 Å². The summed E-state index contributed by atoms with van der Waals surface area (Å²) in [5, 5.41) is 0. The molecule has 0 aromatic carbocycles. The van der Waals surface area contributed by atoms with Gasteiger partial charge in [-0.05, 0) is 12.3 Å². The Labute approximate surface area is 79.2 Å². The first-order valence-corrected chi connectivity index (χ1v) is 4.90. The Morgan fingerprint density at radius 2 is 2.17 bits per heavy atom. The Kier molecular flexibility index (Phi) is 7.26. The fourth-order valence-electron chi connectivity index (χ4n) is 1.08. The van der Waals surface area contributed by atoms with Crippen LogP contribution in [-0.4, -0.2) is 12.0 Å². The highest BCUT2D eigenvalue weighted by Crippen LogP contribution is 2.13. The number of halogens is 1. The van der Waals surface area contributed by atoms with E-state index in [1.807, 2.05) is 0 Å². The summed E-state index contributed by atoms with van der Waals surface area (Å²) >= 11 is 5.05. The maximum absolute atomic E-state index is 10.3. The lowest BCUT2D eigenvalue weighted by Crippen LogP contribution is -2.09. The zero-order valence-electron chi connectivity index (χ0n) is 7.81. The zero-order chi connectivity index (χ0) is 9.40. The largest absolute Gasteiger partial charge is 0.453 e. The molecule has 0 aromatic heterocycles. The highest BCUT2D eigenvalue weighted by atomic mass is 35.5. The Balaban J connectivity index is 3.45. The Morgan fingerprint density at radius 3 is 2.58 bits per heavy atom. The van der Waals surface area contributed by atoms with Gasteiger partial charge < -0.3 is 4.74 Å². The van der Waals surface area contributed by atoms with Crippen LogP contribution in [0.15, 0.2) is 0 Å². The third kappa shape index (κ3) is 6.47. The van der Waals surface area contributed by atoms with Gasteiger partial charge in [0.1, 0.15) is 0 Å². The number of hydrogen-bond acceptors (Lipinski definition) is 2. The zero-order valence-corrected chi connectivity index (χ0v) is 8.56. The van der Waals surface area contributed by atoms with Gasteiger partial charge in [0, 0.05) is 11.6 Å². The van der Waals surface area contributed by atoms with Crippen LogP contribution in [0.4, 0.5) is 4.79 Å². The minimum absolute atomic E-state index is 0.471. The predicted molar refractivity (Wildman–Crippen MR) is 50.5 cm³/mol. The van der Waals surface area contributed by atoms with E-state index >= 15 is 0 Å². The van der Waals surface area contributed by atoms with Gasteiger partial charge >= 0.3 is 5.43 Å². The van der Waals surface area contributed by atoms with Gasteiger partial charge in [0.15, 0.2) is 0 Å². The van der Waals surface area contributed by atoms with Gasteiger partial charge in [-0.3, -0.25) is 0 Å². The summed E-state index contributed by atoms with van der Waals surface area (Å²) in [6.45, 7) is 4.72. The van der Waals surface area contributed by atoms with Crippen molar-refractivity contribution in [2.75, 3.05) is 6.61 Å². The van der Waals surface area contributed by atoms with Gasteiger partial charge in [0.2, 0.25) is 0 Å². The quantitative estimate of drug-likeness (QED) is 0.602. The lowest BCUT2D eigenvalue weighted by atomic mass is 10.0. The molecule has 0 saturated heterocycles. The predicted octanol–water partition coefficient (Wildman–Crippen LogP) is 3.58. The van der Waals surface area contributed by atoms with Gasteiger partial charge in [-0.25, -0.2) is 4.79 Å². The van der Waals surface area contributed by atoms with Crippen molar-refractivity contribution >= 4 is 17.0 Å². The smallest absolute Gasteiger partial charge is 0.403 e. The van der Waals surface area contributed by atoms with Gasteiger partial charge in [0.05, 0.1) is 6.61 Å². The maximum atomic E-state index is 10.3. The van der Waals surface area contributed by atoms with Gasteiger partial charge in [0.25, 0.3) is 0 Å². The Bertz CT molecular complexity index is 126. The molecule has 0 unspecified atom stereocenters. The van der Waals surface area contributed by atoms with Crippen molar-refractivity contribution in [3.05, 3.63) is 0 Å². The second-order valence-corrected chi connectivity index (χ2v) is 3.27. The Morgan fingerprint density at radius 1 is 1.50 bits per heavy atom. The molecule has 0 N–H and O–H groups in total. The molecule has 72 valence electrons. The van der Waals surface area contributed by atoms with Crippen LogP contribution < -0.4 is 0 Å². The average Bonchev–Trinajstić information content (AvgIpc) is 2.05. The molecule has 0 aromatic rings. The third-order valence-corrected chi connectivity index (χ3v) is 2.08. The summed E-state index contributed by atoms with van der Waals surface area (Å²) < 4.78 is 4.72. The van der Waals surface area contributed by atoms with Crippen LogP contribution in [0.1, 0.15) is 39.5 Å². The summed E-state index contributed by atoms with van der Waals surface area (Å²) in [6.07, 6.45) is 4.55. The van der Waals surface area contributed by atoms with Gasteiger partial charge in [-0.2, -0.15) is 0 Å². The Hall–Kier alpha value is -0.240. The average molecular weight is 193 g/mol. The van der Waals surface area contributed by atoms with E-state index in [1.165, 1.54) is 12.8 Å². The molecule has 0 aliphatic heterocycles. The molecule has 2 nitrogen and oxygen atoms in total. The summed E-state index contributed by atoms with van der Waals surface area (Å²) in [6, 6.07) is 0. The van der Waals surface area contributed by atoms with Crippen LogP contribution in [0, 0.1) is 5.92 Å². The molecule has 0 aliphatic carbocycles. The van der Waals surface area contributed by atoms with E-state index in [4.69, 9.17) is 16.3 Å². The standard InChI is InChI=1S/C9H17ClO2/c1-3-5-6-8(4-2)7-12-9(10)11/h8H,3-7H2,1-2H3/t8-/m1/s1. The molecular weight excluding hydrogens is 176 g/mol. The first kappa shape index (κ1) is 11.8. The normalized spacial score (nSPS) is 12.6. The fourth-order valence-corrected chi connectivity index (χ4v) is 1.14. The van der Waals surface area contributed by atoms with E-state index in [9.17, 15) is 4.79 Å². The summed E-state index contributed by atoms with van der Waals surface area (Å²) in [7, 11) is 0. The summed E-state index contributed by atoms with van der Waals surface area (Å²) in [4.78, 5) is 10.3. The molecule has 0 radical (unpaired) electrons. The van der Waals surface area contributed by atoms with Crippen LogP contribution in [0.5, 0.6) is 0 Å². The second kappa shape index (κ2) is 7.41. The molecule has 0 rings (SSSR count). The molecule has 3 heteroatoms. The number of carbonyl (C=O) groups is 1. The van der Waals surface area contributed by atoms with Crippen LogP contribution in [0.2, 0.25) is 0 Å². The van der Waals surface area contributed by atoms with Crippen molar-refractivity contribution in [2.45, 2.75) is 39.5 Å². The number of rotatable bonds is 6. The molecule has 0 amide bonds. The van der Waals surface area contributed by atoms with E-state index in [2.05, 4.69) is 13.8 Å². The van der Waals surface area contributed by atoms with Gasteiger partial charge in [-0.1, -0.05) is 33.1 Å². The molecule has 0 saturated carbocycles. The van der Waals surface area contributed by atoms with Crippen molar-refractivity contribution < 1.29 is 9.53 Å². The van der Waals surface area contributed by atoms with Crippen LogP contribution in [0.25, 0.3) is 0 Å². The van der Waals surface area contributed by atoms with Crippen LogP contribution in [-0.2, 0) is 4.74 Å². The maximum Gasteiger partial charge on any atom is 0.403 e. The third-order valence-electron chi connectivity index (χ3n) is 1.98. The van der Waals surface area contributed by atoms with Crippen molar-refractivity contribution in [1.29, 1.82) is 0 Å². The minimum Gasteiger partial charge on any atom is -0.453 e. The molecule has 0 aliphatic rings. The van der Waals surface area contributed by atoms with E-state index in [0.717, 1.165) is 12.8 Å². The van der Waals surface area contributed by atoms with Crippen molar-refractivity contribution in [3.63, 3.8) is 0 Å². The van der Waals surface area contributed by atoms with Crippen molar-refractivity contribution in [2.24, 2.45) is 5.92 Å². The highest BCUT2D eigenvalue weighted by Gasteiger charge is 2.07. The lowest BCUT2D eigenvalue weighted by molar-refractivity contribution is 0.146. The van der Waals surface area contributed by atoms with Crippen LogP contribution >= 0.6 is 11.6 Å². The molecule has 0 spiro atoms. The number of hydrogen-bond donors (Lipinski definition) is 0. The van der Waals surface area contributed by atoms with E-state index in [1.54, 1.807) is 0 Å². The molecule has 0 heterocycles. The molecule has 1 atom stereocenters. The number of unbranched alkanes of at least 4 members (excludes halogenated alkanes) is 1. The summed E-state index contributed by atoms with van der Waals surface area (Å²) in [5.41, 5.74) is -0.690. The number of ether oxygens (including phenoxy) is 1. The second-order valence-electron chi connectivity index (χ2n) is 2.97. The molecule has 0 fully saturated rings. The first-order chi connectivity index (χ1) is 5.70. The first-order valence-electron chi connectivity index (χ1n) is 4.52. The summed E-state index contributed by atoms with van der Waals surface area (Å²) in [5.74, 6) is 0.479. The minimum atomic E-state index is -0.690. The molecular formula is C9H17ClO2. The fraction of sp³-hybridized carbons (Fsp3) is 0.889. The van der Waals surface area contributed by atoms with Crippen molar-refractivity contribution in [1.82, 2.24) is 0 Å². The SMILES string of the molecule is CCCC[C@@H](CC)COC(=O)Cl. The van der Waals surface area contributed by atoms with E-state index in [-0.39, 0.29) is 0 Å². The lowest BCUT2D eigenvalue weighted by Gasteiger charge is -2.12.